The van der Waals surface area contributed by atoms with Crippen molar-refractivity contribution in [1.29, 1.82) is 0 Å². The fourth-order valence-electron chi connectivity index (χ4n) is 3.50. The molecule has 7 nitrogen and oxygen atoms in total. The van der Waals surface area contributed by atoms with Crippen molar-refractivity contribution in [1.82, 2.24) is 15.1 Å². The van der Waals surface area contributed by atoms with Crippen LogP contribution in [0.3, 0.4) is 0 Å². The van der Waals surface area contributed by atoms with E-state index in [0.717, 1.165) is 23.4 Å². The van der Waals surface area contributed by atoms with Gasteiger partial charge in [-0.25, -0.2) is 0 Å². The van der Waals surface area contributed by atoms with Gasteiger partial charge in [-0.2, -0.15) is 5.10 Å². The maximum absolute atomic E-state index is 13.4. The van der Waals surface area contributed by atoms with Gasteiger partial charge in [-0.05, 0) is 30.2 Å². The van der Waals surface area contributed by atoms with Crippen LogP contribution < -0.4 is 16.0 Å². The highest BCUT2D eigenvalue weighted by Crippen LogP contribution is 2.31. The van der Waals surface area contributed by atoms with Crippen LogP contribution in [0, 0.1) is 12.8 Å². The molecule has 2 atom stereocenters. The molecular weight excluding hydrogens is 366 g/mol. The van der Waals surface area contributed by atoms with E-state index in [9.17, 15) is 9.59 Å². The lowest BCUT2D eigenvalue weighted by atomic mass is 9.89. The van der Waals surface area contributed by atoms with Crippen LogP contribution in [0.25, 0.3) is 0 Å². The monoisotopic (exact) mass is 391 g/mol. The average Bonchev–Trinajstić information content (AvgIpc) is 3.23. The molecule has 0 aliphatic carbocycles. The highest BCUT2D eigenvalue weighted by Gasteiger charge is 2.37. The molecule has 1 aromatic heterocycles. The van der Waals surface area contributed by atoms with Crippen LogP contribution in [0.2, 0.25) is 0 Å². The molecule has 146 valence electrons. The van der Waals surface area contributed by atoms with Crippen molar-refractivity contribution in [2.24, 2.45) is 18.7 Å². The summed E-state index contributed by atoms with van der Waals surface area (Å²) in [6.45, 7) is 3.61. The van der Waals surface area contributed by atoms with Gasteiger partial charge in [0.05, 0.1) is 12.1 Å². The number of primary amides is 1. The highest BCUT2D eigenvalue weighted by molar-refractivity contribution is 5.96. The number of rotatable bonds is 6. The molecule has 2 amide bonds. The minimum Gasteiger partial charge on any atom is -0.370 e. The number of anilines is 1. The second kappa shape index (κ2) is 9.01. The summed E-state index contributed by atoms with van der Waals surface area (Å²) in [5, 5.41) is 7.55. The molecule has 1 fully saturated rings. The number of aromatic nitrogens is 2. The molecule has 8 heteroatoms. The Morgan fingerprint density at radius 3 is 2.78 bits per heavy atom. The Kier molecular flexibility index (Phi) is 6.98. The maximum Gasteiger partial charge on any atom is 0.232 e. The van der Waals surface area contributed by atoms with Gasteiger partial charge in [-0.3, -0.25) is 14.3 Å². The first-order valence-corrected chi connectivity index (χ1v) is 8.81. The minimum atomic E-state index is -0.413. The lowest BCUT2D eigenvalue weighted by molar-refractivity contribution is -0.122. The molecule has 1 aliphatic rings. The molecule has 3 rings (SSSR count). The van der Waals surface area contributed by atoms with Crippen LogP contribution in [0.15, 0.2) is 36.7 Å². The zero-order chi connectivity index (χ0) is 18.7. The summed E-state index contributed by atoms with van der Waals surface area (Å²) < 4.78 is 1.75. The van der Waals surface area contributed by atoms with E-state index >= 15 is 0 Å². The van der Waals surface area contributed by atoms with Crippen molar-refractivity contribution >= 4 is 29.9 Å². The van der Waals surface area contributed by atoms with Gasteiger partial charge in [0, 0.05) is 50.9 Å². The van der Waals surface area contributed by atoms with Crippen LogP contribution in [0.1, 0.15) is 23.5 Å². The minimum absolute atomic E-state index is 0. The third-order valence-corrected chi connectivity index (χ3v) is 4.85. The van der Waals surface area contributed by atoms with E-state index < -0.39 is 5.91 Å². The summed E-state index contributed by atoms with van der Waals surface area (Å²) in [4.78, 5) is 26.4. The number of nitrogens with one attached hydrogen (secondary N) is 1. The number of halogens is 1. The summed E-state index contributed by atoms with van der Waals surface area (Å²) in [5.74, 6) is -0.538. The van der Waals surface area contributed by atoms with Gasteiger partial charge in [0.15, 0.2) is 0 Å². The predicted octanol–water partition coefficient (Wildman–Crippen LogP) is 1.36. The third-order valence-electron chi connectivity index (χ3n) is 4.85. The molecule has 0 spiro atoms. The van der Waals surface area contributed by atoms with E-state index in [1.54, 1.807) is 9.58 Å². The Morgan fingerprint density at radius 2 is 2.15 bits per heavy atom. The number of hydrogen-bond acceptors (Lipinski definition) is 4. The van der Waals surface area contributed by atoms with Gasteiger partial charge < -0.3 is 16.0 Å². The highest BCUT2D eigenvalue weighted by atomic mass is 35.5. The van der Waals surface area contributed by atoms with Gasteiger partial charge >= 0.3 is 0 Å². The summed E-state index contributed by atoms with van der Waals surface area (Å²) >= 11 is 0. The van der Waals surface area contributed by atoms with Gasteiger partial charge in [0.25, 0.3) is 0 Å². The summed E-state index contributed by atoms with van der Waals surface area (Å²) in [5.41, 5.74) is 8.24. The standard InChI is InChI=1S/C19H25N5O2.ClH/c1-13-4-3-5-15(8-13)24(7-6-18(20)25)19(26)17-11-21-10-16(17)14-9-22-23(2)12-14;/h3-5,8-9,12,16-17,21H,6-7,10-11H2,1-2H3,(H2,20,25);1H/t16-,17+;/m1./s1. The van der Waals surface area contributed by atoms with Gasteiger partial charge in [-0.1, -0.05) is 12.1 Å². The molecule has 0 bridgehead atoms. The van der Waals surface area contributed by atoms with Gasteiger partial charge in [0.1, 0.15) is 0 Å². The second-order valence-electron chi connectivity index (χ2n) is 6.86. The number of hydrogen-bond donors (Lipinski definition) is 2. The molecule has 27 heavy (non-hydrogen) atoms. The van der Waals surface area contributed by atoms with E-state index in [1.807, 2.05) is 50.6 Å². The molecule has 1 saturated heterocycles. The molecule has 0 saturated carbocycles. The van der Waals surface area contributed by atoms with Crippen LogP contribution >= 0.6 is 12.4 Å². The molecule has 2 heterocycles. The topological polar surface area (TPSA) is 93.2 Å². The Morgan fingerprint density at radius 1 is 1.37 bits per heavy atom. The van der Waals surface area contributed by atoms with E-state index in [2.05, 4.69) is 10.4 Å². The first-order chi connectivity index (χ1) is 12.5. The largest absolute Gasteiger partial charge is 0.370 e. The molecule has 1 aromatic carbocycles. The van der Waals surface area contributed by atoms with Crippen LogP contribution in [0.4, 0.5) is 5.69 Å². The molecule has 2 aromatic rings. The summed E-state index contributed by atoms with van der Waals surface area (Å²) in [6, 6.07) is 7.75. The van der Waals surface area contributed by atoms with Crippen molar-refractivity contribution in [2.75, 3.05) is 24.5 Å². The lowest BCUT2D eigenvalue weighted by Gasteiger charge is -2.28. The number of nitrogens with two attached hydrogens (primary N) is 1. The van der Waals surface area contributed by atoms with Crippen molar-refractivity contribution < 1.29 is 9.59 Å². The second-order valence-corrected chi connectivity index (χ2v) is 6.86. The van der Waals surface area contributed by atoms with Crippen LogP contribution in [0.5, 0.6) is 0 Å². The molecular formula is C19H26ClN5O2. The summed E-state index contributed by atoms with van der Waals surface area (Å²) in [7, 11) is 1.87. The summed E-state index contributed by atoms with van der Waals surface area (Å²) in [6.07, 6.45) is 3.91. The van der Waals surface area contributed by atoms with E-state index in [0.29, 0.717) is 6.54 Å². The number of carbonyl (C=O) groups is 2. The van der Waals surface area contributed by atoms with Crippen molar-refractivity contribution in [3.05, 3.63) is 47.8 Å². The molecule has 0 radical (unpaired) electrons. The smallest absolute Gasteiger partial charge is 0.232 e. The maximum atomic E-state index is 13.4. The first kappa shape index (κ1) is 20.9. The van der Waals surface area contributed by atoms with Crippen molar-refractivity contribution in [2.45, 2.75) is 19.3 Å². The number of nitrogens with zero attached hydrogens (tertiary/aromatic N) is 3. The Bertz CT molecular complexity index is 807. The van der Waals surface area contributed by atoms with Crippen LogP contribution in [-0.2, 0) is 16.6 Å². The fraction of sp³-hybridized carbons (Fsp3) is 0.421. The zero-order valence-corrected chi connectivity index (χ0v) is 16.4. The van der Waals surface area contributed by atoms with Crippen LogP contribution in [-0.4, -0.2) is 41.2 Å². The average molecular weight is 392 g/mol. The Hall–Kier alpha value is -2.38. The normalized spacial score (nSPS) is 18.7. The number of benzene rings is 1. The Labute approximate surface area is 165 Å². The quantitative estimate of drug-likeness (QED) is 0.777. The van der Waals surface area contributed by atoms with Gasteiger partial charge in [0.2, 0.25) is 11.8 Å². The van der Waals surface area contributed by atoms with E-state index in [-0.39, 0.29) is 43.1 Å². The lowest BCUT2D eigenvalue weighted by Crippen LogP contribution is -2.40. The molecule has 1 aliphatic heterocycles. The number of amides is 2. The number of aryl methyl sites for hydroxylation is 2. The van der Waals surface area contributed by atoms with Crippen molar-refractivity contribution in [3.8, 4) is 0 Å². The SMILES string of the molecule is Cc1cccc(N(CCC(N)=O)C(=O)[C@H]2CNC[C@@H]2c2cnn(C)c2)c1.Cl. The van der Waals surface area contributed by atoms with Gasteiger partial charge in [-0.15, -0.1) is 12.4 Å². The van der Waals surface area contributed by atoms with E-state index in [1.165, 1.54) is 0 Å². The number of carbonyl (C=O) groups excluding carboxylic acids is 2. The van der Waals surface area contributed by atoms with Crippen molar-refractivity contribution in [3.63, 3.8) is 0 Å². The third kappa shape index (κ3) is 4.87. The molecule has 3 N–H and O–H groups in total. The Balaban J connectivity index is 0.00000261. The molecule has 0 unspecified atom stereocenters. The first-order valence-electron chi connectivity index (χ1n) is 8.81. The predicted molar refractivity (Wildman–Crippen MR) is 107 cm³/mol. The van der Waals surface area contributed by atoms with E-state index in [4.69, 9.17) is 5.73 Å². The fourth-order valence-corrected chi connectivity index (χ4v) is 3.50. The zero-order valence-electron chi connectivity index (χ0n) is 15.6.